The molecule has 0 heterocycles. The maximum Gasteiger partial charge on any atom is 1.00 e. The number of rotatable bonds is 3. The van der Waals surface area contributed by atoms with Crippen LogP contribution in [0, 0.1) is 0 Å². The maximum absolute atomic E-state index is 9.85. The number of hydrogen-bond acceptors (Lipinski definition) is 3. The average Bonchev–Trinajstić information content (AvgIpc) is 1.63. The molecule has 0 saturated carbocycles. The quantitative estimate of drug-likeness (QED) is 0.399. The van der Waals surface area contributed by atoms with Gasteiger partial charge in [0.2, 0.25) is 0 Å². The van der Waals surface area contributed by atoms with E-state index in [0.29, 0.717) is 0 Å². The van der Waals surface area contributed by atoms with E-state index in [1.54, 1.807) is 0 Å². The molecular formula is C4H13NNa2O6. The zero-order valence-electron chi connectivity index (χ0n) is 9.57. The fourth-order valence-electron chi connectivity index (χ4n) is 0.275. The molecule has 0 unspecified atom stereocenters. The van der Waals surface area contributed by atoms with Gasteiger partial charge in [-0.3, -0.25) is 9.59 Å². The van der Waals surface area contributed by atoms with Crippen LogP contribution in [-0.2, 0) is 9.59 Å². The van der Waals surface area contributed by atoms with Crippen LogP contribution in [-0.4, -0.2) is 39.1 Å². The van der Waals surface area contributed by atoms with E-state index in [2.05, 4.69) is 0 Å². The fraction of sp³-hybridized carbons (Fsp3) is 0.500. The third-order valence-corrected chi connectivity index (χ3v) is 0.712. The van der Waals surface area contributed by atoms with Crippen LogP contribution < -0.4 is 64.8 Å². The Morgan fingerprint density at radius 3 is 1.62 bits per heavy atom. The predicted octanol–water partition coefficient (Wildman–Crippen LogP) is -8.54. The standard InChI is InChI=1S/C4H7NO4.2Na.2H2O.2H/c5-2(4(8)9)1-3(6)7;;;;;;/h2H,1,5H2,(H,6,7)(H,8,9);;;2*1H2;;/q;2*+1;;;2*-1/t2-;;;;;;/m0....../s1. The SMILES string of the molecule is N[C@@H](CC(=O)O)C(=O)O.O.O.[H-].[H-].[Na+].[Na+]. The van der Waals surface area contributed by atoms with Gasteiger partial charge in [-0.15, -0.1) is 0 Å². The molecule has 72 valence electrons. The van der Waals surface area contributed by atoms with Gasteiger partial charge in [-0.25, -0.2) is 0 Å². The van der Waals surface area contributed by atoms with Gasteiger partial charge < -0.3 is 29.8 Å². The van der Waals surface area contributed by atoms with Crippen molar-refractivity contribution in [1.82, 2.24) is 0 Å². The molecule has 1 atom stereocenters. The Labute approximate surface area is 122 Å². The normalized spacial score (nSPS) is 8.69. The Kier molecular flexibility index (Phi) is 34.4. The second-order valence-electron chi connectivity index (χ2n) is 1.54. The van der Waals surface area contributed by atoms with Crippen LogP contribution >= 0.6 is 0 Å². The monoisotopic (exact) mass is 217 g/mol. The van der Waals surface area contributed by atoms with E-state index >= 15 is 0 Å². The number of carbonyl (C=O) groups is 2. The Bertz CT molecular complexity index is 151. The van der Waals surface area contributed by atoms with Crippen molar-refractivity contribution in [3.05, 3.63) is 0 Å². The molecule has 0 aliphatic heterocycles. The third-order valence-electron chi connectivity index (χ3n) is 0.712. The molecule has 0 bridgehead atoms. The molecule has 0 aromatic heterocycles. The van der Waals surface area contributed by atoms with Crippen LogP contribution in [0.5, 0.6) is 0 Å². The van der Waals surface area contributed by atoms with Crippen LogP contribution in [0.1, 0.15) is 9.27 Å². The van der Waals surface area contributed by atoms with Gasteiger partial charge in [-0.1, -0.05) is 0 Å². The largest absolute Gasteiger partial charge is 1.00 e. The Morgan fingerprint density at radius 1 is 1.23 bits per heavy atom. The van der Waals surface area contributed by atoms with Crippen molar-refractivity contribution < 1.29 is 92.7 Å². The van der Waals surface area contributed by atoms with Crippen LogP contribution in [0.25, 0.3) is 0 Å². The topological polar surface area (TPSA) is 164 Å². The smallest absolute Gasteiger partial charge is 1.00 e. The van der Waals surface area contributed by atoms with E-state index in [-0.39, 0.29) is 72.9 Å². The summed E-state index contributed by atoms with van der Waals surface area (Å²) in [5.74, 6) is -2.50. The van der Waals surface area contributed by atoms with Crippen molar-refractivity contribution in [1.29, 1.82) is 0 Å². The van der Waals surface area contributed by atoms with Crippen molar-refractivity contribution in [3.8, 4) is 0 Å². The molecule has 0 saturated heterocycles. The van der Waals surface area contributed by atoms with Gasteiger partial charge in [-0.05, 0) is 0 Å². The zero-order valence-corrected chi connectivity index (χ0v) is 11.6. The molecule has 0 radical (unpaired) electrons. The second kappa shape index (κ2) is 15.3. The molecule has 8 N–H and O–H groups in total. The summed E-state index contributed by atoms with van der Waals surface area (Å²) in [6.07, 6.45) is -0.532. The van der Waals surface area contributed by atoms with Crippen molar-refractivity contribution in [2.75, 3.05) is 0 Å². The molecule has 9 heteroatoms. The molecule has 0 spiro atoms. The summed E-state index contributed by atoms with van der Waals surface area (Å²) in [7, 11) is 0. The molecule has 0 aliphatic rings. The van der Waals surface area contributed by atoms with Gasteiger partial charge in [0.1, 0.15) is 6.04 Å². The average molecular weight is 217 g/mol. The van der Waals surface area contributed by atoms with Gasteiger partial charge >= 0.3 is 71.1 Å². The van der Waals surface area contributed by atoms with E-state index in [1.807, 2.05) is 0 Å². The first-order chi connectivity index (χ1) is 4.04. The van der Waals surface area contributed by atoms with Gasteiger partial charge in [0.05, 0.1) is 6.42 Å². The van der Waals surface area contributed by atoms with E-state index in [0.717, 1.165) is 0 Å². The number of nitrogens with two attached hydrogens (primary N) is 1. The second-order valence-corrected chi connectivity index (χ2v) is 1.54. The Morgan fingerprint density at radius 2 is 1.54 bits per heavy atom. The Balaban J connectivity index is -0.0000000213. The fourth-order valence-corrected chi connectivity index (χ4v) is 0.275. The summed E-state index contributed by atoms with van der Waals surface area (Å²) in [4.78, 5) is 19.6. The minimum Gasteiger partial charge on any atom is -1.00 e. The van der Waals surface area contributed by atoms with Crippen molar-refractivity contribution >= 4 is 11.9 Å². The van der Waals surface area contributed by atoms with Gasteiger partial charge in [-0.2, -0.15) is 0 Å². The van der Waals surface area contributed by atoms with Crippen LogP contribution in [0.2, 0.25) is 0 Å². The van der Waals surface area contributed by atoms with Crippen LogP contribution in [0.3, 0.4) is 0 Å². The van der Waals surface area contributed by atoms with Gasteiger partial charge in [0, 0.05) is 0 Å². The summed E-state index contributed by atoms with van der Waals surface area (Å²) in [5.41, 5.74) is 4.84. The number of aliphatic carboxylic acids is 2. The molecule has 0 rings (SSSR count). The van der Waals surface area contributed by atoms with Gasteiger partial charge in [0.25, 0.3) is 0 Å². The molecule has 0 aromatic rings. The Hall–Kier alpha value is 0.820. The molecular weight excluding hydrogens is 204 g/mol. The summed E-state index contributed by atoms with van der Waals surface area (Å²) >= 11 is 0. The van der Waals surface area contributed by atoms with Crippen LogP contribution in [0.4, 0.5) is 0 Å². The number of carboxylic acid groups (broad SMARTS) is 2. The summed E-state index contributed by atoms with van der Waals surface area (Å²) in [6.45, 7) is 0. The molecule has 0 fully saturated rings. The number of carboxylic acids is 2. The summed E-state index contributed by atoms with van der Waals surface area (Å²) < 4.78 is 0. The van der Waals surface area contributed by atoms with E-state index in [4.69, 9.17) is 15.9 Å². The van der Waals surface area contributed by atoms with Crippen molar-refractivity contribution in [3.63, 3.8) is 0 Å². The van der Waals surface area contributed by atoms with Crippen molar-refractivity contribution in [2.45, 2.75) is 12.5 Å². The van der Waals surface area contributed by atoms with Gasteiger partial charge in [0.15, 0.2) is 0 Å². The molecule has 0 aromatic carbocycles. The summed E-state index contributed by atoms with van der Waals surface area (Å²) in [5, 5.41) is 16.0. The van der Waals surface area contributed by atoms with E-state index in [1.165, 1.54) is 0 Å². The first-order valence-corrected chi connectivity index (χ1v) is 2.24. The minimum atomic E-state index is -1.29. The zero-order chi connectivity index (χ0) is 7.44. The third kappa shape index (κ3) is 19.3. The first kappa shape index (κ1) is 29.2. The first-order valence-electron chi connectivity index (χ1n) is 2.24. The molecule has 7 nitrogen and oxygen atoms in total. The van der Waals surface area contributed by atoms with Crippen LogP contribution in [0.15, 0.2) is 0 Å². The molecule has 0 amide bonds. The predicted molar refractivity (Wildman–Crippen MR) is 37.3 cm³/mol. The maximum atomic E-state index is 9.85. The molecule has 13 heavy (non-hydrogen) atoms. The summed E-state index contributed by atoms with van der Waals surface area (Å²) in [6, 6.07) is -1.29. The minimum absolute atomic E-state index is 0. The number of hydrogen-bond donors (Lipinski definition) is 3. The van der Waals surface area contributed by atoms with Crippen molar-refractivity contribution in [2.24, 2.45) is 5.73 Å². The van der Waals surface area contributed by atoms with E-state index < -0.39 is 24.4 Å². The molecule has 0 aliphatic carbocycles. The van der Waals surface area contributed by atoms with E-state index in [9.17, 15) is 9.59 Å².